The van der Waals surface area contributed by atoms with Crippen molar-refractivity contribution in [3.63, 3.8) is 0 Å². The quantitative estimate of drug-likeness (QED) is 0.697. The van der Waals surface area contributed by atoms with Crippen molar-refractivity contribution in [2.24, 2.45) is 5.92 Å². The first kappa shape index (κ1) is 21.0. The maximum atomic E-state index is 12.7. The van der Waals surface area contributed by atoms with Crippen molar-refractivity contribution >= 4 is 33.2 Å². The number of nitrogens with one attached hydrogen (secondary N) is 2. The number of para-hydroxylation sites is 1. The van der Waals surface area contributed by atoms with Crippen LogP contribution in [0.2, 0.25) is 0 Å². The smallest absolute Gasteiger partial charge is 0.229 e. The van der Waals surface area contributed by atoms with Crippen molar-refractivity contribution in [2.75, 3.05) is 35.6 Å². The molecule has 2 N–H and O–H groups in total. The van der Waals surface area contributed by atoms with E-state index in [1.54, 1.807) is 47.4 Å². The number of carbonyl (C=O) groups excluding carboxylic acids is 2. The minimum absolute atomic E-state index is 0.101. The Morgan fingerprint density at radius 1 is 1.13 bits per heavy atom. The highest BCUT2D eigenvalue weighted by molar-refractivity contribution is 7.92. The van der Waals surface area contributed by atoms with Gasteiger partial charge in [0.15, 0.2) is 11.5 Å². The SMILES string of the molecule is CS(=O)(=O)Nc1ccccc1CNC(=O)C1CC(=O)N(c2ccc3c(c2)OCCO3)C1. The van der Waals surface area contributed by atoms with Crippen LogP contribution in [0.3, 0.4) is 0 Å². The molecule has 2 aliphatic rings. The number of carbonyl (C=O) groups is 2. The van der Waals surface area contributed by atoms with Gasteiger partial charge in [-0.05, 0) is 23.8 Å². The minimum atomic E-state index is -3.44. The number of ether oxygens (including phenoxy) is 2. The van der Waals surface area contributed by atoms with E-state index in [0.717, 1.165) is 6.26 Å². The summed E-state index contributed by atoms with van der Waals surface area (Å²) in [5.74, 6) is 0.311. The Morgan fingerprint density at radius 3 is 2.65 bits per heavy atom. The van der Waals surface area contributed by atoms with Gasteiger partial charge in [0.05, 0.1) is 17.9 Å². The van der Waals surface area contributed by atoms with Crippen LogP contribution in [-0.2, 0) is 26.2 Å². The third-order valence-corrected chi connectivity index (χ3v) is 5.69. The van der Waals surface area contributed by atoms with E-state index >= 15 is 0 Å². The van der Waals surface area contributed by atoms with Gasteiger partial charge < -0.3 is 19.7 Å². The van der Waals surface area contributed by atoms with Crippen LogP contribution in [-0.4, -0.2) is 46.2 Å². The average Bonchev–Trinajstić information content (AvgIpc) is 3.13. The second kappa shape index (κ2) is 8.46. The standard InChI is InChI=1S/C21H23N3O6S/c1-31(27,28)23-17-5-3-2-4-14(17)12-22-21(26)15-10-20(25)24(13-15)16-6-7-18-19(11-16)30-9-8-29-18/h2-7,11,15,23H,8-10,12-13H2,1H3,(H,22,26). The van der Waals surface area contributed by atoms with E-state index in [4.69, 9.17) is 9.47 Å². The minimum Gasteiger partial charge on any atom is -0.486 e. The highest BCUT2D eigenvalue weighted by atomic mass is 32.2. The van der Waals surface area contributed by atoms with Gasteiger partial charge in [0.2, 0.25) is 21.8 Å². The lowest BCUT2D eigenvalue weighted by atomic mass is 10.1. The number of anilines is 2. The summed E-state index contributed by atoms with van der Waals surface area (Å²) in [7, 11) is -3.44. The molecule has 1 fully saturated rings. The average molecular weight is 445 g/mol. The maximum absolute atomic E-state index is 12.7. The normalized spacial score (nSPS) is 18.0. The number of nitrogens with zero attached hydrogens (tertiary/aromatic N) is 1. The van der Waals surface area contributed by atoms with E-state index in [1.165, 1.54) is 0 Å². The third kappa shape index (κ3) is 4.91. The Morgan fingerprint density at radius 2 is 1.87 bits per heavy atom. The molecule has 0 saturated carbocycles. The molecule has 10 heteroatoms. The lowest BCUT2D eigenvalue weighted by Gasteiger charge is -2.22. The van der Waals surface area contributed by atoms with Gasteiger partial charge >= 0.3 is 0 Å². The van der Waals surface area contributed by atoms with Crippen LogP contribution < -0.4 is 24.4 Å². The number of hydrogen-bond donors (Lipinski definition) is 2. The zero-order valence-corrected chi connectivity index (χ0v) is 17.8. The first-order valence-electron chi connectivity index (χ1n) is 9.83. The fourth-order valence-electron chi connectivity index (χ4n) is 3.63. The molecular weight excluding hydrogens is 422 g/mol. The molecule has 1 unspecified atom stereocenters. The van der Waals surface area contributed by atoms with Crippen LogP contribution in [0.25, 0.3) is 0 Å². The van der Waals surface area contributed by atoms with Crippen molar-refractivity contribution < 1.29 is 27.5 Å². The van der Waals surface area contributed by atoms with Gasteiger partial charge in [-0.25, -0.2) is 8.42 Å². The number of benzene rings is 2. The zero-order chi connectivity index (χ0) is 22.0. The molecule has 2 heterocycles. The molecule has 0 spiro atoms. The molecule has 2 amide bonds. The van der Waals surface area contributed by atoms with E-state index in [-0.39, 0.29) is 31.3 Å². The number of fused-ring (bicyclic) bond motifs is 1. The van der Waals surface area contributed by atoms with E-state index in [9.17, 15) is 18.0 Å². The van der Waals surface area contributed by atoms with Crippen molar-refractivity contribution in [3.8, 4) is 11.5 Å². The molecule has 0 aromatic heterocycles. The van der Waals surface area contributed by atoms with Crippen LogP contribution in [0.5, 0.6) is 11.5 Å². The zero-order valence-electron chi connectivity index (χ0n) is 17.0. The van der Waals surface area contributed by atoms with Gasteiger partial charge in [-0.15, -0.1) is 0 Å². The molecule has 1 saturated heterocycles. The van der Waals surface area contributed by atoms with Gasteiger partial charge in [0, 0.05) is 31.3 Å². The topological polar surface area (TPSA) is 114 Å². The largest absolute Gasteiger partial charge is 0.486 e. The van der Waals surface area contributed by atoms with Crippen molar-refractivity contribution in [1.29, 1.82) is 0 Å². The summed E-state index contributed by atoms with van der Waals surface area (Å²) in [6.45, 7) is 1.34. The fraction of sp³-hybridized carbons (Fsp3) is 0.333. The Hall–Kier alpha value is -3.27. The number of sulfonamides is 1. The maximum Gasteiger partial charge on any atom is 0.229 e. The first-order valence-corrected chi connectivity index (χ1v) is 11.7. The lowest BCUT2D eigenvalue weighted by molar-refractivity contribution is -0.126. The van der Waals surface area contributed by atoms with Crippen LogP contribution >= 0.6 is 0 Å². The second-order valence-corrected chi connectivity index (χ2v) is 9.23. The van der Waals surface area contributed by atoms with Crippen LogP contribution in [0.15, 0.2) is 42.5 Å². The number of amides is 2. The van der Waals surface area contributed by atoms with E-state index in [2.05, 4.69) is 10.0 Å². The second-order valence-electron chi connectivity index (χ2n) is 7.48. The number of hydrogen-bond acceptors (Lipinski definition) is 6. The Balaban J connectivity index is 1.40. The Labute approximate surface area is 180 Å². The first-order chi connectivity index (χ1) is 14.8. The van der Waals surface area contributed by atoms with Crippen molar-refractivity contribution in [1.82, 2.24) is 5.32 Å². The van der Waals surface area contributed by atoms with Gasteiger partial charge in [0.1, 0.15) is 13.2 Å². The molecule has 1 atom stereocenters. The summed E-state index contributed by atoms with van der Waals surface area (Å²) in [5.41, 5.74) is 1.70. The van der Waals surface area contributed by atoms with E-state index in [0.29, 0.717) is 41.7 Å². The number of rotatable bonds is 6. The molecule has 0 radical (unpaired) electrons. The molecule has 2 aromatic rings. The molecule has 31 heavy (non-hydrogen) atoms. The summed E-state index contributed by atoms with van der Waals surface area (Å²) in [6, 6.07) is 12.1. The molecule has 164 valence electrons. The summed E-state index contributed by atoms with van der Waals surface area (Å²) in [5, 5.41) is 2.81. The highest BCUT2D eigenvalue weighted by Crippen LogP contribution is 2.36. The van der Waals surface area contributed by atoms with Gasteiger partial charge in [0.25, 0.3) is 0 Å². The fourth-order valence-corrected chi connectivity index (χ4v) is 4.23. The van der Waals surface area contributed by atoms with Crippen LogP contribution in [0, 0.1) is 5.92 Å². The molecule has 4 rings (SSSR count). The van der Waals surface area contributed by atoms with Gasteiger partial charge in [-0.1, -0.05) is 18.2 Å². The molecule has 0 aliphatic carbocycles. The van der Waals surface area contributed by atoms with Crippen molar-refractivity contribution in [3.05, 3.63) is 48.0 Å². The predicted octanol–water partition coefficient (Wildman–Crippen LogP) is 1.50. The Kier molecular flexibility index (Phi) is 5.73. The molecule has 9 nitrogen and oxygen atoms in total. The third-order valence-electron chi connectivity index (χ3n) is 5.10. The summed E-state index contributed by atoms with van der Waals surface area (Å²) in [6.07, 6.45) is 1.17. The summed E-state index contributed by atoms with van der Waals surface area (Å²) in [4.78, 5) is 26.8. The Bertz CT molecular complexity index is 1120. The van der Waals surface area contributed by atoms with E-state index in [1.807, 2.05) is 0 Å². The van der Waals surface area contributed by atoms with Crippen LogP contribution in [0.1, 0.15) is 12.0 Å². The van der Waals surface area contributed by atoms with Crippen molar-refractivity contribution in [2.45, 2.75) is 13.0 Å². The molecule has 2 aliphatic heterocycles. The monoisotopic (exact) mass is 445 g/mol. The summed E-state index contributed by atoms with van der Waals surface area (Å²) < 4.78 is 36.6. The molecular formula is C21H23N3O6S. The summed E-state index contributed by atoms with van der Waals surface area (Å²) >= 11 is 0. The lowest BCUT2D eigenvalue weighted by Crippen LogP contribution is -2.33. The highest BCUT2D eigenvalue weighted by Gasteiger charge is 2.35. The van der Waals surface area contributed by atoms with E-state index < -0.39 is 15.9 Å². The molecule has 0 bridgehead atoms. The van der Waals surface area contributed by atoms with Crippen LogP contribution in [0.4, 0.5) is 11.4 Å². The van der Waals surface area contributed by atoms with Gasteiger partial charge in [-0.2, -0.15) is 0 Å². The molecule has 2 aromatic carbocycles. The van der Waals surface area contributed by atoms with Gasteiger partial charge in [-0.3, -0.25) is 14.3 Å². The predicted molar refractivity (Wildman–Crippen MR) is 115 cm³/mol.